The summed E-state index contributed by atoms with van der Waals surface area (Å²) in [5.41, 5.74) is 4.89. The maximum Gasteiger partial charge on any atom is 0.407 e. The number of esters is 1. The Morgan fingerprint density at radius 1 is 1.02 bits per heavy atom. The van der Waals surface area contributed by atoms with E-state index in [2.05, 4.69) is 40.6 Å². The van der Waals surface area contributed by atoms with Gasteiger partial charge in [-0.1, -0.05) is 66.7 Å². The molecule has 0 saturated heterocycles. The van der Waals surface area contributed by atoms with Crippen LogP contribution in [0.5, 0.6) is 5.75 Å². The van der Waals surface area contributed by atoms with Gasteiger partial charge < -0.3 is 24.5 Å². The van der Waals surface area contributed by atoms with Crippen molar-refractivity contribution < 1.29 is 23.8 Å². The summed E-state index contributed by atoms with van der Waals surface area (Å²) in [6, 6.07) is 22.4. The Hall–Kier alpha value is -4.52. The van der Waals surface area contributed by atoms with E-state index in [1.807, 2.05) is 69.4 Å². The van der Waals surface area contributed by atoms with Crippen LogP contribution >= 0.6 is 0 Å². The number of rotatable bonds is 7. The van der Waals surface area contributed by atoms with Gasteiger partial charge >= 0.3 is 12.1 Å². The van der Waals surface area contributed by atoms with Crippen LogP contribution in [0.2, 0.25) is 0 Å². The van der Waals surface area contributed by atoms with Gasteiger partial charge in [0.1, 0.15) is 18.0 Å². The predicted molar refractivity (Wildman–Crippen MR) is 156 cm³/mol. The molecular weight excluding hydrogens is 504 g/mol. The van der Waals surface area contributed by atoms with Crippen LogP contribution in [0.25, 0.3) is 22.0 Å². The molecule has 0 saturated carbocycles. The van der Waals surface area contributed by atoms with Gasteiger partial charge in [0.05, 0.1) is 12.5 Å². The molecule has 1 aliphatic heterocycles. The topological polar surface area (TPSA) is 89.7 Å². The van der Waals surface area contributed by atoms with E-state index in [9.17, 15) is 9.59 Å². The summed E-state index contributed by atoms with van der Waals surface area (Å²) in [4.78, 5) is 27.6. The van der Waals surface area contributed by atoms with E-state index < -0.39 is 23.1 Å². The second-order valence-electron chi connectivity index (χ2n) is 10.9. The number of nitrogens with one attached hydrogen (secondary N) is 2. The molecule has 1 unspecified atom stereocenters. The highest BCUT2D eigenvalue weighted by Crippen LogP contribution is 2.50. The van der Waals surface area contributed by atoms with Crippen molar-refractivity contribution in [2.45, 2.75) is 38.2 Å². The van der Waals surface area contributed by atoms with Crippen molar-refractivity contribution in [3.8, 4) is 16.9 Å². The predicted octanol–water partition coefficient (Wildman–Crippen LogP) is 6.31. The number of hydrogen-bond donors (Lipinski definition) is 2. The van der Waals surface area contributed by atoms with E-state index in [-0.39, 0.29) is 0 Å². The average molecular weight is 539 g/mol. The van der Waals surface area contributed by atoms with Crippen molar-refractivity contribution in [2.75, 3.05) is 20.3 Å². The number of fused-ring (bicyclic) bond motifs is 2. The number of aromatic amines is 1. The van der Waals surface area contributed by atoms with Crippen LogP contribution in [-0.2, 0) is 26.1 Å². The second kappa shape index (κ2) is 10.9. The first-order valence-corrected chi connectivity index (χ1v) is 13.4. The zero-order chi connectivity index (χ0) is 28.3. The van der Waals surface area contributed by atoms with E-state index in [0.717, 1.165) is 44.5 Å². The maximum atomic E-state index is 12.2. The van der Waals surface area contributed by atoms with Gasteiger partial charge in [-0.15, -0.1) is 0 Å². The molecule has 0 fully saturated rings. The standard InChI is InChI=1S/C33H34N2O5/c1-32(2,3)40-31(37)34-19-17-22-20-35-27-15-9-12-24(29(22)27)25-13-8-14-26-30(25)39-21-33(26,18-16-28(36)38-4)23-10-6-5-7-11-23/h5-16,18,20,35H,17,19,21H2,1-4H3,(H,34,37)/b18-16-. The van der Waals surface area contributed by atoms with Crippen molar-refractivity contribution in [1.29, 1.82) is 0 Å². The molecule has 1 aliphatic rings. The monoisotopic (exact) mass is 538 g/mol. The Labute approximate surface area is 234 Å². The highest BCUT2D eigenvalue weighted by Gasteiger charge is 2.41. The number of H-pyrrole nitrogens is 1. The third kappa shape index (κ3) is 5.32. The van der Waals surface area contributed by atoms with E-state index in [1.54, 1.807) is 0 Å². The smallest absolute Gasteiger partial charge is 0.407 e. The molecule has 1 aromatic heterocycles. The zero-order valence-electron chi connectivity index (χ0n) is 23.2. The number of alkyl carbamates (subject to hydrolysis) is 1. The van der Waals surface area contributed by atoms with Crippen LogP contribution in [0.15, 0.2) is 85.1 Å². The second-order valence-corrected chi connectivity index (χ2v) is 10.9. The quantitative estimate of drug-likeness (QED) is 0.213. The summed E-state index contributed by atoms with van der Waals surface area (Å²) in [5, 5.41) is 3.93. The van der Waals surface area contributed by atoms with Crippen LogP contribution in [0.3, 0.4) is 0 Å². The highest BCUT2D eigenvalue weighted by molar-refractivity contribution is 5.99. The number of aromatic nitrogens is 1. The molecule has 0 spiro atoms. The fourth-order valence-corrected chi connectivity index (χ4v) is 5.30. The minimum atomic E-state index is -0.646. The Morgan fingerprint density at radius 2 is 1.77 bits per heavy atom. The van der Waals surface area contributed by atoms with Crippen LogP contribution in [-0.4, -0.2) is 42.9 Å². The van der Waals surface area contributed by atoms with Crippen LogP contribution in [0.4, 0.5) is 4.79 Å². The third-order valence-corrected chi connectivity index (χ3v) is 7.07. The van der Waals surface area contributed by atoms with E-state index in [4.69, 9.17) is 14.2 Å². The molecular formula is C33H34N2O5. The molecule has 3 aromatic carbocycles. The van der Waals surface area contributed by atoms with E-state index >= 15 is 0 Å². The third-order valence-electron chi connectivity index (χ3n) is 7.07. The zero-order valence-corrected chi connectivity index (χ0v) is 23.2. The Balaban J connectivity index is 1.54. The van der Waals surface area contributed by atoms with Gasteiger partial charge in [-0.25, -0.2) is 9.59 Å². The number of carbonyl (C=O) groups excluding carboxylic acids is 2. The number of benzene rings is 3. The van der Waals surface area contributed by atoms with E-state index in [0.29, 0.717) is 19.6 Å². The number of hydrogen-bond acceptors (Lipinski definition) is 5. The Kier molecular flexibility index (Phi) is 7.39. The first kappa shape index (κ1) is 27.1. The molecule has 1 atom stereocenters. The molecule has 40 heavy (non-hydrogen) atoms. The number of ether oxygens (including phenoxy) is 3. The SMILES string of the molecule is COC(=O)/C=C\C1(c2ccccc2)COc2c(-c3cccc4[nH]cc(CCNC(=O)OC(C)(C)C)c34)cccc21. The Bertz CT molecular complexity index is 1570. The summed E-state index contributed by atoms with van der Waals surface area (Å²) >= 11 is 0. The van der Waals surface area contributed by atoms with Crippen molar-refractivity contribution in [2.24, 2.45) is 0 Å². The van der Waals surface area contributed by atoms with Gasteiger partial charge in [-0.05, 0) is 49.9 Å². The maximum absolute atomic E-state index is 12.2. The highest BCUT2D eigenvalue weighted by atomic mass is 16.6. The summed E-state index contributed by atoms with van der Waals surface area (Å²) in [7, 11) is 1.37. The van der Waals surface area contributed by atoms with Crippen LogP contribution in [0.1, 0.15) is 37.5 Å². The molecule has 1 amide bonds. The normalized spacial score (nSPS) is 16.5. The summed E-state index contributed by atoms with van der Waals surface area (Å²) in [6.07, 6.45) is 5.54. The van der Waals surface area contributed by atoms with Gasteiger partial charge in [0.15, 0.2) is 0 Å². The van der Waals surface area contributed by atoms with Gasteiger partial charge in [0.25, 0.3) is 0 Å². The lowest BCUT2D eigenvalue weighted by atomic mass is 9.75. The summed E-state index contributed by atoms with van der Waals surface area (Å²) < 4.78 is 16.7. The van der Waals surface area contributed by atoms with Gasteiger partial charge in [0, 0.05) is 40.8 Å². The molecule has 0 bridgehead atoms. The molecule has 4 aromatic rings. The van der Waals surface area contributed by atoms with Gasteiger partial charge in [0.2, 0.25) is 0 Å². The molecule has 0 aliphatic carbocycles. The van der Waals surface area contributed by atoms with Gasteiger partial charge in [-0.2, -0.15) is 0 Å². The molecule has 2 N–H and O–H groups in total. The first-order chi connectivity index (χ1) is 19.2. The van der Waals surface area contributed by atoms with Crippen molar-refractivity contribution >= 4 is 23.0 Å². The lowest BCUT2D eigenvalue weighted by Crippen LogP contribution is -2.33. The lowest BCUT2D eigenvalue weighted by molar-refractivity contribution is -0.134. The lowest BCUT2D eigenvalue weighted by Gasteiger charge is -2.25. The Morgan fingerprint density at radius 3 is 2.52 bits per heavy atom. The molecule has 2 heterocycles. The molecule has 0 radical (unpaired) electrons. The first-order valence-electron chi connectivity index (χ1n) is 13.4. The minimum Gasteiger partial charge on any atom is -0.491 e. The largest absolute Gasteiger partial charge is 0.491 e. The summed E-state index contributed by atoms with van der Waals surface area (Å²) in [6.45, 7) is 6.32. The van der Waals surface area contributed by atoms with Gasteiger partial charge in [-0.3, -0.25) is 0 Å². The fraction of sp³-hybridized carbons (Fsp3) is 0.273. The van der Waals surface area contributed by atoms with Crippen molar-refractivity contribution in [3.63, 3.8) is 0 Å². The van der Waals surface area contributed by atoms with Crippen molar-refractivity contribution in [1.82, 2.24) is 10.3 Å². The average Bonchev–Trinajstić information content (AvgIpc) is 3.53. The minimum absolute atomic E-state index is 0.354. The number of para-hydroxylation sites is 1. The molecule has 7 nitrogen and oxygen atoms in total. The molecule has 7 heteroatoms. The van der Waals surface area contributed by atoms with Crippen LogP contribution < -0.4 is 10.1 Å². The number of methoxy groups -OCH3 is 1. The number of amides is 1. The molecule has 206 valence electrons. The van der Waals surface area contributed by atoms with Crippen LogP contribution in [0, 0.1) is 0 Å². The number of carbonyl (C=O) groups is 2. The molecule has 5 rings (SSSR count). The van der Waals surface area contributed by atoms with E-state index in [1.165, 1.54) is 13.2 Å². The van der Waals surface area contributed by atoms with Crippen molar-refractivity contribution in [3.05, 3.63) is 102 Å². The summed E-state index contributed by atoms with van der Waals surface area (Å²) in [5.74, 6) is 0.369. The fourth-order valence-electron chi connectivity index (χ4n) is 5.30.